The van der Waals surface area contributed by atoms with E-state index in [0.717, 1.165) is 40.4 Å². The molecule has 1 aromatic carbocycles. The molecule has 0 saturated carbocycles. The van der Waals surface area contributed by atoms with Gasteiger partial charge in [0.1, 0.15) is 0 Å². The lowest BCUT2D eigenvalue weighted by atomic mass is 10.0. The van der Waals surface area contributed by atoms with Gasteiger partial charge < -0.3 is 5.32 Å². The molecular weight excluding hydrogens is 394 g/mol. The van der Waals surface area contributed by atoms with Gasteiger partial charge in [0.15, 0.2) is 0 Å². The summed E-state index contributed by atoms with van der Waals surface area (Å²) in [4.78, 5) is 21.1. The number of nitrogens with zero attached hydrogens (tertiary/aromatic N) is 4. The molecule has 0 radical (unpaired) electrons. The van der Waals surface area contributed by atoms with Crippen LogP contribution >= 0.6 is 23.4 Å². The Morgan fingerprint density at radius 1 is 1.32 bits per heavy atom. The van der Waals surface area contributed by atoms with Gasteiger partial charge in [-0.25, -0.2) is 9.50 Å². The quantitative estimate of drug-likeness (QED) is 0.588. The Hall–Kier alpha value is -2.12. The average Bonchev–Trinajstić information content (AvgIpc) is 3.06. The second-order valence-electron chi connectivity index (χ2n) is 6.84. The van der Waals surface area contributed by atoms with Gasteiger partial charge in [0, 0.05) is 28.9 Å². The van der Waals surface area contributed by atoms with E-state index < -0.39 is 0 Å². The summed E-state index contributed by atoms with van der Waals surface area (Å²) in [6.45, 7) is 8.02. The van der Waals surface area contributed by atoms with Crippen LogP contribution in [-0.4, -0.2) is 37.3 Å². The predicted octanol–water partition coefficient (Wildman–Crippen LogP) is 3.99. The van der Waals surface area contributed by atoms with Crippen molar-refractivity contribution in [1.82, 2.24) is 24.9 Å². The van der Waals surface area contributed by atoms with E-state index in [0.29, 0.717) is 10.9 Å². The molecule has 0 unspecified atom stereocenters. The van der Waals surface area contributed by atoms with Gasteiger partial charge in [-0.15, -0.1) is 5.10 Å². The maximum Gasteiger partial charge on any atom is 0.253 e. The summed E-state index contributed by atoms with van der Waals surface area (Å²) in [7, 11) is 0. The molecule has 1 amide bonds. The maximum absolute atomic E-state index is 12.0. The lowest BCUT2D eigenvalue weighted by molar-refractivity contribution is -0.119. The van der Waals surface area contributed by atoms with Crippen LogP contribution in [0.15, 0.2) is 29.4 Å². The van der Waals surface area contributed by atoms with E-state index in [1.54, 1.807) is 4.52 Å². The molecule has 148 valence electrons. The van der Waals surface area contributed by atoms with Gasteiger partial charge in [-0.1, -0.05) is 42.4 Å². The highest BCUT2D eigenvalue weighted by Crippen LogP contribution is 2.21. The molecule has 2 heterocycles. The summed E-state index contributed by atoms with van der Waals surface area (Å²) in [5.74, 6) is 0.824. The number of thioether (sulfide) groups is 1. The number of hydrogen-bond acceptors (Lipinski definition) is 5. The van der Waals surface area contributed by atoms with Gasteiger partial charge in [-0.05, 0) is 50.5 Å². The zero-order valence-electron chi connectivity index (χ0n) is 16.5. The lowest BCUT2D eigenvalue weighted by Gasteiger charge is -2.10. The number of carbonyl (C=O) groups excluding carboxylic acids is 1. The highest BCUT2D eigenvalue weighted by Gasteiger charge is 2.15. The molecule has 8 heteroatoms. The van der Waals surface area contributed by atoms with Crippen molar-refractivity contribution in [3.8, 4) is 0 Å². The Labute approximate surface area is 174 Å². The highest BCUT2D eigenvalue weighted by molar-refractivity contribution is 7.99. The van der Waals surface area contributed by atoms with E-state index >= 15 is 0 Å². The number of aryl methyl sites for hydroxylation is 2. The minimum Gasteiger partial charge on any atom is -0.353 e. The number of rotatable bonds is 7. The first-order valence-electron chi connectivity index (χ1n) is 9.26. The molecule has 6 nitrogen and oxygen atoms in total. The molecule has 0 aliphatic heterocycles. The van der Waals surface area contributed by atoms with Crippen LogP contribution in [-0.2, 0) is 11.2 Å². The van der Waals surface area contributed by atoms with Crippen molar-refractivity contribution in [2.24, 2.45) is 0 Å². The zero-order valence-corrected chi connectivity index (χ0v) is 18.1. The van der Waals surface area contributed by atoms with Crippen molar-refractivity contribution in [2.45, 2.75) is 51.7 Å². The summed E-state index contributed by atoms with van der Waals surface area (Å²) in [5, 5.41) is 8.76. The fraction of sp³-hybridized carbons (Fsp3) is 0.400. The predicted molar refractivity (Wildman–Crippen MR) is 113 cm³/mol. The van der Waals surface area contributed by atoms with Crippen LogP contribution in [0.4, 0.5) is 0 Å². The van der Waals surface area contributed by atoms with Gasteiger partial charge in [-0.2, -0.15) is 4.98 Å². The summed E-state index contributed by atoms with van der Waals surface area (Å²) < 4.78 is 1.75. The maximum atomic E-state index is 12.0. The molecule has 2 aromatic heterocycles. The first kappa shape index (κ1) is 20.6. The Kier molecular flexibility index (Phi) is 6.57. The van der Waals surface area contributed by atoms with E-state index in [2.05, 4.69) is 20.4 Å². The topological polar surface area (TPSA) is 72.2 Å². The van der Waals surface area contributed by atoms with Gasteiger partial charge in [0.2, 0.25) is 11.1 Å². The molecule has 0 aliphatic rings. The van der Waals surface area contributed by atoms with Crippen molar-refractivity contribution in [2.75, 3.05) is 5.75 Å². The van der Waals surface area contributed by atoms with Crippen molar-refractivity contribution >= 4 is 35.0 Å². The lowest BCUT2D eigenvalue weighted by Crippen LogP contribution is -2.33. The average molecular weight is 418 g/mol. The van der Waals surface area contributed by atoms with E-state index in [9.17, 15) is 4.79 Å². The molecule has 1 N–H and O–H groups in total. The van der Waals surface area contributed by atoms with Crippen molar-refractivity contribution in [1.29, 1.82) is 0 Å². The third kappa shape index (κ3) is 4.83. The molecule has 0 spiro atoms. The van der Waals surface area contributed by atoms with Crippen LogP contribution in [0.3, 0.4) is 0 Å². The number of hydrogen-bond donors (Lipinski definition) is 1. The molecule has 0 bridgehead atoms. The molecule has 0 aliphatic carbocycles. The van der Waals surface area contributed by atoms with E-state index in [1.165, 1.54) is 11.8 Å². The fourth-order valence-corrected chi connectivity index (χ4v) is 3.75. The Morgan fingerprint density at radius 2 is 2.11 bits per heavy atom. The third-order valence-electron chi connectivity index (χ3n) is 4.65. The Balaban J connectivity index is 1.80. The van der Waals surface area contributed by atoms with E-state index in [1.807, 2.05) is 52.0 Å². The number of halogens is 1. The number of carbonyl (C=O) groups is 1. The minimum absolute atomic E-state index is 0.0132. The van der Waals surface area contributed by atoms with Gasteiger partial charge in [-0.3, -0.25) is 4.79 Å². The van der Waals surface area contributed by atoms with Gasteiger partial charge in [0.25, 0.3) is 5.78 Å². The number of aromatic nitrogens is 4. The zero-order chi connectivity index (χ0) is 20.3. The number of nitrogens with one attached hydrogen (secondary N) is 1. The third-order valence-corrected chi connectivity index (χ3v) is 5.72. The molecule has 28 heavy (non-hydrogen) atoms. The molecule has 1 atom stereocenters. The van der Waals surface area contributed by atoms with Crippen LogP contribution in [0.1, 0.15) is 42.8 Å². The van der Waals surface area contributed by atoms with Crippen molar-refractivity contribution in [3.05, 3.63) is 51.8 Å². The summed E-state index contributed by atoms with van der Waals surface area (Å²) in [5.41, 5.74) is 4.14. The summed E-state index contributed by atoms with van der Waals surface area (Å²) in [6.07, 6.45) is 1.63. The first-order chi connectivity index (χ1) is 13.4. The highest BCUT2D eigenvalue weighted by atomic mass is 35.5. The molecule has 3 rings (SSSR count). The van der Waals surface area contributed by atoms with Crippen LogP contribution in [0.5, 0.6) is 0 Å². The molecule has 0 fully saturated rings. The molecule has 0 saturated heterocycles. The van der Waals surface area contributed by atoms with Crippen LogP contribution < -0.4 is 5.32 Å². The van der Waals surface area contributed by atoms with Crippen molar-refractivity contribution < 1.29 is 4.79 Å². The van der Waals surface area contributed by atoms with Gasteiger partial charge >= 0.3 is 0 Å². The molecular formula is C20H24ClN5OS. The number of benzene rings is 1. The second kappa shape index (κ2) is 8.92. The van der Waals surface area contributed by atoms with E-state index in [-0.39, 0.29) is 17.7 Å². The minimum atomic E-state index is -0.0132. The standard InChI is InChI=1S/C20H24ClN5OS/c1-5-12(2)22-18(27)11-28-20-24-19-23-13(3)17(14(4)26(19)25-20)10-15-7-6-8-16(21)9-15/h6-9,12H,5,10-11H2,1-4H3,(H,22,27)/t12-/m0/s1. The Bertz CT molecular complexity index is 1000. The van der Waals surface area contributed by atoms with Crippen LogP contribution in [0, 0.1) is 13.8 Å². The smallest absolute Gasteiger partial charge is 0.253 e. The summed E-state index contributed by atoms with van der Waals surface area (Å²) in [6, 6.07) is 7.99. The first-order valence-corrected chi connectivity index (χ1v) is 10.6. The van der Waals surface area contributed by atoms with Crippen LogP contribution in [0.25, 0.3) is 5.78 Å². The number of fused-ring (bicyclic) bond motifs is 1. The summed E-state index contributed by atoms with van der Waals surface area (Å²) >= 11 is 7.43. The number of amides is 1. The second-order valence-corrected chi connectivity index (χ2v) is 8.22. The van der Waals surface area contributed by atoms with Crippen LogP contribution in [0.2, 0.25) is 5.02 Å². The SMILES string of the molecule is CC[C@H](C)NC(=O)CSc1nc2nc(C)c(Cc3cccc(Cl)c3)c(C)n2n1. The van der Waals surface area contributed by atoms with Crippen molar-refractivity contribution in [3.63, 3.8) is 0 Å². The monoisotopic (exact) mass is 417 g/mol. The molecule has 3 aromatic rings. The normalized spacial score (nSPS) is 12.3. The van der Waals surface area contributed by atoms with E-state index in [4.69, 9.17) is 11.6 Å². The fourth-order valence-electron chi connectivity index (χ4n) is 2.91. The van der Waals surface area contributed by atoms with Gasteiger partial charge in [0.05, 0.1) is 5.75 Å². The largest absolute Gasteiger partial charge is 0.353 e. The Morgan fingerprint density at radius 3 is 2.82 bits per heavy atom.